The van der Waals surface area contributed by atoms with Crippen molar-refractivity contribution in [3.63, 3.8) is 0 Å². The molecule has 86 valence electrons. The van der Waals surface area contributed by atoms with Crippen molar-refractivity contribution in [2.45, 2.75) is 31.2 Å². The number of benzene rings is 1. The van der Waals surface area contributed by atoms with E-state index in [1.165, 1.54) is 0 Å². The molecular weight excluding hydrogens is 218 g/mol. The zero-order valence-electron chi connectivity index (χ0n) is 9.82. The van der Waals surface area contributed by atoms with E-state index in [2.05, 4.69) is 30.7 Å². The summed E-state index contributed by atoms with van der Waals surface area (Å²) < 4.78 is 0. The Morgan fingerprint density at radius 1 is 1.31 bits per heavy atom. The zero-order valence-corrected chi connectivity index (χ0v) is 10.6. The minimum atomic E-state index is 0.554. The molecule has 16 heavy (non-hydrogen) atoms. The van der Waals surface area contributed by atoms with Gasteiger partial charge in [-0.25, -0.2) is 4.98 Å². The summed E-state index contributed by atoms with van der Waals surface area (Å²) >= 11 is 1.78. The van der Waals surface area contributed by atoms with Gasteiger partial charge in [-0.2, -0.15) is 0 Å². The average molecular weight is 235 g/mol. The highest BCUT2D eigenvalue weighted by Crippen LogP contribution is 2.27. The fourth-order valence-corrected chi connectivity index (χ4v) is 2.32. The topological polar surface area (TPSA) is 54.7 Å². The minimum absolute atomic E-state index is 0.554. The number of anilines is 1. The van der Waals surface area contributed by atoms with Gasteiger partial charge in [0.2, 0.25) is 0 Å². The molecule has 1 aromatic heterocycles. The lowest BCUT2D eigenvalue weighted by Gasteiger charge is -2.12. The smallest absolute Gasteiger partial charge is 0.166 e. The number of nitrogen functional groups attached to an aromatic ring is 1. The molecule has 0 aliphatic rings. The van der Waals surface area contributed by atoms with Crippen LogP contribution in [0.15, 0.2) is 23.4 Å². The van der Waals surface area contributed by atoms with Crippen LogP contribution in [0.25, 0.3) is 11.0 Å². The molecule has 1 atom stereocenters. The van der Waals surface area contributed by atoms with E-state index >= 15 is 0 Å². The maximum atomic E-state index is 5.73. The molecule has 0 aliphatic heterocycles. The van der Waals surface area contributed by atoms with E-state index in [0.29, 0.717) is 11.2 Å². The van der Waals surface area contributed by atoms with E-state index in [-0.39, 0.29) is 0 Å². The van der Waals surface area contributed by atoms with Crippen molar-refractivity contribution in [1.82, 2.24) is 9.97 Å². The van der Waals surface area contributed by atoms with Gasteiger partial charge in [0.1, 0.15) is 0 Å². The summed E-state index contributed by atoms with van der Waals surface area (Å²) in [6.45, 7) is 6.66. The molecule has 0 aliphatic carbocycles. The molecule has 1 unspecified atom stereocenters. The van der Waals surface area contributed by atoms with Crippen molar-refractivity contribution in [2.75, 3.05) is 5.73 Å². The second kappa shape index (κ2) is 4.37. The lowest BCUT2D eigenvalue weighted by molar-refractivity contribution is 0.641. The van der Waals surface area contributed by atoms with Crippen molar-refractivity contribution in [2.24, 2.45) is 5.92 Å². The number of fused-ring (bicyclic) bond motifs is 1. The Morgan fingerprint density at radius 2 is 2.06 bits per heavy atom. The number of hydrogen-bond acceptors (Lipinski definition) is 3. The summed E-state index contributed by atoms with van der Waals surface area (Å²) in [6.07, 6.45) is 0. The van der Waals surface area contributed by atoms with Gasteiger partial charge in [0, 0.05) is 10.9 Å². The van der Waals surface area contributed by atoms with E-state index in [0.717, 1.165) is 21.9 Å². The molecule has 0 amide bonds. The fourth-order valence-electron chi connectivity index (χ4n) is 1.37. The van der Waals surface area contributed by atoms with Crippen LogP contribution in [0.5, 0.6) is 0 Å². The molecule has 0 radical (unpaired) electrons. The third kappa shape index (κ3) is 2.32. The lowest BCUT2D eigenvalue weighted by Crippen LogP contribution is -2.05. The van der Waals surface area contributed by atoms with Crippen molar-refractivity contribution in [3.8, 4) is 0 Å². The van der Waals surface area contributed by atoms with Gasteiger partial charge in [-0.3, -0.25) is 0 Å². The Labute approximate surface area is 99.8 Å². The number of rotatable bonds is 3. The third-order valence-corrected chi connectivity index (χ3v) is 4.05. The van der Waals surface area contributed by atoms with Crippen LogP contribution in [0.2, 0.25) is 0 Å². The Bertz CT molecular complexity index is 490. The van der Waals surface area contributed by atoms with Crippen molar-refractivity contribution in [1.29, 1.82) is 0 Å². The summed E-state index contributed by atoms with van der Waals surface area (Å²) in [5.74, 6) is 0.642. The first-order valence-electron chi connectivity index (χ1n) is 5.48. The zero-order chi connectivity index (χ0) is 11.7. The summed E-state index contributed by atoms with van der Waals surface area (Å²) in [5, 5.41) is 1.53. The van der Waals surface area contributed by atoms with Crippen LogP contribution in [0, 0.1) is 5.92 Å². The molecule has 0 bridgehead atoms. The van der Waals surface area contributed by atoms with Gasteiger partial charge in [-0.05, 0) is 24.1 Å². The van der Waals surface area contributed by atoms with Crippen molar-refractivity contribution in [3.05, 3.63) is 18.2 Å². The first-order chi connectivity index (χ1) is 7.56. The summed E-state index contributed by atoms with van der Waals surface area (Å²) in [6, 6.07) is 5.75. The van der Waals surface area contributed by atoms with E-state index in [1.54, 1.807) is 11.8 Å². The molecule has 0 saturated carbocycles. The van der Waals surface area contributed by atoms with Crippen molar-refractivity contribution < 1.29 is 0 Å². The number of nitrogens with two attached hydrogens (primary N) is 1. The van der Waals surface area contributed by atoms with Gasteiger partial charge < -0.3 is 10.7 Å². The van der Waals surface area contributed by atoms with Crippen molar-refractivity contribution >= 4 is 28.5 Å². The van der Waals surface area contributed by atoms with Crippen LogP contribution in [-0.4, -0.2) is 15.2 Å². The lowest BCUT2D eigenvalue weighted by atomic mass is 10.2. The highest BCUT2D eigenvalue weighted by atomic mass is 32.2. The van der Waals surface area contributed by atoms with E-state index in [9.17, 15) is 0 Å². The first kappa shape index (κ1) is 11.3. The van der Waals surface area contributed by atoms with Crippen LogP contribution in [0.4, 0.5) is 5.69 Å². The van der Waals surface area contributed by atoms with Crippen LogP contribution < -0.4 is 5.73 Å². The first-order valence-corrected chi connectivity index (χ1v) is 6.36. The highest BCUT2D eigenvalue weighted by Gasteiger charge is 2.11. The van der Waals surface area contributed by atoms with Gasteiger partial charge >= 0.3 is 0 Å². The van der Waals surface area contributed by atoms with E-state index < -0.39 is 0 Å². The van der Waals surface area contributed by atoms with Crippen LogP contribution in [0.1, 0.15) is 20.8 Å². The van der Waals surface area contributed by atoms with Gasteiger partial charge in [0.05, 0.1) is 11.0 Å². The van der Waals surface area contributed by atoms with Crippen LogP contribution >= 0.6 is 11.8 Å². The maximum Gasteiger partial charge on any atom is 0.166 e. The van der Waals surface area contributed by atoms with Gasteiger partial charge in [-0.15, -0.1) is 0 Å². The predicted molar refractivity (Wildman–Crippen MR) is 70.7 cm³/mol. The summed E-state index contributed by atoms with van der Waals surface area (Å²) in [4.78, 5) is 7.82. The average Bonchev–Trinajstić information content (AvgIpc) is 2.58. The molecule has 0 saturated heterocycles. The summed E-state index contributed by atoms with van der Waals surface area (Å²) in [5.41, 5.74) is 8.49. The maximum absolute atomic E-state index is 5.73. The standard InChI is InChI=1S/C12H17N3S/c1-7(2)8(3)16-12-14-10-5-4-9(13)6-11(10)15-12/h4-8H,13H2,1-3H3,(H,14,15). The van der Waals surface area contributed by atoms with E-state index in [1.807, 2.05) is 18.2 Å². The number of imidazole rings is 1. The predicted octanol–water partition coefficient (Wildman–Crippen LogP) is 3.28. The van der Waals surface area contributed by atoms with Gasteiger partial charge in [0.25, 0.3) is 0 Å². The second-order valence-corrected chi connectivity index (χ2v) is 5.75. The molecule has 0 fully saturated rings. The Hall–Kier alpha value is -1.16. The fraction of sp³-hybridized carbons (Fsp3) is 0.417. The molecule has 2 rings (SSSR count). The number of thioether (sulfide) groups is 1. The molecule has 0 spiro atoms. The second-order valence-electron chi connectivity index (χ2n) is 4.39. The normalized spacial score (nSPS) is 13.5. The Balaban J connectivity index is 2.26. The van der Waals surface area contributed by atoms with Crippen LogP contribution in [0.3, 0.4) is 0 Å². The Kier molecular flexibility index (Phi) is 3.10. The van der Waals surface area contributed by atoms with Gasteiger partial charge in [-0.1, -0.05) is 32.5 Å². The quantitative estimate of drug-likeness (QED) is 0.634. The number of aromatic amines is 1. The molecule has 3 N–H and O–H groups in total. The highest BCUT2D eigenvalue weighted by molar-refractivity contribution is 7.99. The molecule has 1 aromatic carbocycles. The number of nitrogens with zero attached hydrogens (tertiary/aromatic N) is 1. The number of H-pyrrole nitrogens is 1. The third-order valence-electron chi connectivity index (χ3n) is 2.72. The molecular formula is C12H17N3S. The Morgan fingerprint density at radius 3 is 2.75 bits per heavy atom. The molecule has 1 heterocycles. The summed E-state index contributed by atoms with van der Waals surface area (Å²) in [7, 11) is 0. The van der Waals surface area contributed by atoms with Crippen LogP contribution in [-0.2, 0) is 0 Å². The number of hydrogen-bond donors (Lipinski definition) is 2. The SMILES string of the molecule is CC(C)C(C)Sc1nc2ccc(N)cc2[nH]1. The minimum Gasteiger partial charge on any atom is -0.399 e. The van der Waals surface area contributed by atoms with E-state index in [4.69, 9.17) is 5.73 Å². The van der Waals surface area contributed by atoms with Gasteiger partial charge in [0.15, 0.2) is 5.16 Å². The number of aromatic nitrogens is 2. The molecule has 2 aromatic rings. The number of nitrogens with one attached hydrogen (secondary N) is 1. The largest absolute Gasteiger partial charge is 0.399 e. The molecule has 4 heteroatoms. The molecule has 3 nitrogen and oxygen atoms in total. The monoisotopic (exact) mass is 235 g/mol.